The molecule has 0 atom stereocenters. The minimum Gasteiger partial charge on any atom is -0.343 e. The molecule has 6 heteroatoms. The Morgan fingerprint density at radius 2 is 2.00 bits per heavy atom. The van der Waals surface area contributed by atoms with Crippen molar-refractivity contribution in [3.8, 4) is 11.4 Å². The van der Waals surface area contributed by atoms with E-state index in [1.165, 1.54) is 12.1 Å². The van der Waals surface area contributed by atoms with Crippen molar-refractivity contribution >= 4 is 17.9 Å². The lowest BCUT2D eigenvalue weighted by Gasteiger charge is -2.05. The van der Waals surface area contributed by atoms with Gasteiger partial charge in [0.05, 0.1) is 4.92 Å². The Morgan fingerprint density at radius 1 is 1.26 bits per heavy atom. The van der Waals surface area contributed by atoms with Crippen molar-refractivity contribution in [2.24, 2.45) is 0 Å². The van der Waals surface area contributed by atoms with Crippen LogP contribution in [0.1, 0.15) is 17.7 Å². The van der Waals surface area contributed by atoms with Gasteiger partial charge < -0.3 is 4.98 Å². The van der Waals surface area contributed by atoms with E-state index < -0.39 is 4.92 Å². The van der Waals surface area contributed by atoms with Crippen LogP contribution in [-0.4, -0.2) is 14.9 Å². The number of fused-ring (bicyclic) bond motifs is 1. The van der Waals surface area contributed by atoms with Crippen molar-refractivity contribution in [1.29, 1.82) is 0 Å². The van der Waals surface area contributed by atoms with Gasteiger partial charge in [0.2, 0.25) is 0 Å². The molecule has 0 saturated carbocycles. The summed E-state index contributed by atoms with van der Waals surface area (Å²) in [4.78, 5) is 17.9. The summed E-state index contributed by atoms with van der Waals surface area (Å²) in [5.41, 5.74) is 3.17. The highest BCUT2D eigenvalue weighted by Gasteiger charge is 2.15. The highest BCUT2D eigenvalue weighted by Crippen LogP contribution is 2.25. The van der Waals surface area contributed by atoms with Gasteiger partial charge in [0.1, 0.15) is 10.5 Å². The fourth-order valence-corrected chi connectivity index (χ4v) is 2.65. The molecule has 0 aliphatic heterocycles. The molecule has 2 aromatic rings. The van der Waals surface area contributed by atoms with E-state index in [0.29, 0.717) is 10.5 Å². The summed E-state index contributed by atoms with van der Waals surface area (Å²) in [7, 11) is 0. The van der Waals surface area contributed by atoms with Crippen molar-refractivity contribution in [2.45, 2.75) is 19.3 Å². The molecule has 3 rings (SSSR count). The predicted molar refractivity (Wildman–Crippen MR) is 73.5 cm³/mol. The zero-order valence-corrected chi connectivity index (χ0v) is 10.9. The summed E-state index contributed by atoms with van der Waals surface area (Å²) in [6, 6.07) is 6.32. The summed E-state index contributed by atoms with van der Waals surface area (Å²) in [5, 5.41) is 10.6. The third-order valence-corrected chi connectivity index (χ3v) is 3.65. The van der Waals surface area contributed by atoms with Crippen molar-refractivity contribution in [3.05, 3.63) is 50.3 Å². The molecule has 1 N–H and O–H groups in total. The van der Waals surface area contributed by atoms with Crippen LogP contribution in [0.3, 0.4) is 0 Å². The molecule has 19 heavy (non-hydrogen) atoms. The number of nitrogens with one attached hydrogen (secondary N) is 1. The molecule has 96 valence electrons. The van der Waals surface area contributed by atoms with Crippen molar-refractivity contribution in [3.63, 3.8) is 0 Å². The number of hydrogen-bond donors (Lipinski definition) is 1. The Bertz CT molecular complexity index is 707. The molecule has 5 nitrogen and oxygen atoms in total. The van der Waals surface area contributed by atoms with Gasteiger partial charge in [0, 0.05) is 29.0 Å². The number of H-pyrrole nitrogens is 1. The molecule has 0 amide bonds. The number of nitro benzene ring substituents is 1. The van der Waals surface area contributed by atoms with Gasteiger partial charge in [-0.1, -0.05) is 12.2 Å². The molecule has 0 spiro atoms. The lowest BCUT2D eigenvalue weighted by molar-refractivity contribution is -0.384. The molecule has 0 bridgehead atoms. The summed E-state index contributed by atoms with van der Waals surface area (Å²) in [6.45, 7) is 0. The highest BCUT2D eigenvalue weighted by molar-refractivity contribution is 7.71. The number of aromatic nitrogens is 2. The molecule has 1 heterocycles. The minimum absolute atomic E-state index is 0.0727. The number of aryl methyl sites for hydroxylation is 1. The number of aromatic amines is 1. The van der Waals surface area contributed by atoms with Crippen molar-refractivity contribution in [2.75, 3.05) is 0 Å². The lowest BCUT2D eigenvalue weighted by atomic mass is 10.2. The second kappa shape index (κ2) is 4.55. The quantitative estimate of drug-likeness (QED) is 0.518. The first-order valence-electron chi connectivity index (χ1n) is 6.02. The standard InChI is InChI=1S/C13H11N3O2S/c17-16(18)9-6-4-8(5-7-9)12-14-11-3-1-2-10(11)13(19)15-12/h4-7H,1-3H2,(H,14,15,19). The predicted octanol–water partition coefficient (Wildman–Crippen LogP) is 3.20. The second-order valence-electron chi connectivity index (χ2n) is 4.51. The maximum Gasteiger partial charge on any atom is 0.269 e. The van der Waals surface area contributed by atoms with Crippen LogP contribution >= 0.6 is 12.2 Å². The molecule has 1 aliphatic carbocycles. The van der Waals surface area contributed by atoms with E-state index in [1.54, 1.807) is 12.1 Å². The molecule has 0 unspecified atom stereocenters. The van der Waals surface area contributed by atoms with E-state index >= 15 is 0 Å². The van der Waals surface area contributed by atoms with Gasteiger partial charge in [0.15, 0.2) is 0 Å². The number of hydrogen-bond acceptors (Lipinski definition) is 4. The molecular weight excluding hydrogens is 262 g/mol. The number of rotatable bonds is 2. The van der Waals surface area contributed by atoms with E-state index in [2.05, 4.69) is 9.97 Å². The number of non-ortho nitro benzene ring substituents is 1. The zero-order valence-electron chi connectivity index (χ0n) is 10.0. The van der Waals surface area contributed by atoms with Crippen LogP contribution in [0.25, 0.3) is 11.4 Å². The molecule has 1 aromatic carbocycles. The average molecular weight is 273 g/mol. The van der Waals surface area contributed by atoms with Gasteiger partial charge in [-0.25, -0.2) is 4.98 Å². The van der Waals surface area contributed by atoms with Crippen LogP contribution in [0.4, 0.5) is 5.69 Å². The zero-order chi connectivity index (χ0) is 13.4. The number of nitrogens with zero attached hydrogens (tertiary/aromatic N) is 2. The summed E-state index contributed by atoms with van der Waals surface area (Å²) in [5.74, 6) is 0.681. The monoisotopic (exact) mass is 273 g/mol. The highest BCUT2D eigenvalue weighted by atomic mass is 32.1. The molecular formula is C13H11N3O2S. The molecule has 0 saturated heterocycles. The van der Waals surface area contributed by atoms with Crippen LogP contribution in [0.5, 0.6) is 0 Å². The Hall–Kier alpha value is -2.08. The number of nitro groups is 1. The van der Waals surface area contributed by atoms with E-state index in [9.17, 15) is 10.1 Å². The van der Waals surface area contributed by atoms with Crippen LogP contribution < -0.4 is 0 Å². The SMILES string of the molecule is O=[N+]([O-])c1ccc(-c2nc(=S)c3c([nH]2)CCC3)cc1. The van der Waals surface area contributed by atoms with E-state index in [0.717, 1.165) is 36.1 Å². The summed E-state index contributed by atoms with van der Waals surface area (Å²) < 4.78 is 0.639. The normalized spacial score (nSPS) is 13.3. The summed E-state index contributed by atoms with van der Waals surface area (Å²) in [6.07, 6.45) is 3.07. The molecule has 0 radical (unpaired) electrons. The second-order valence-corrected chi connectivity index (χ2v) is 4.89. The summed E-state index contributed by atoms with van der Waals surface area (Å²) >= 11 is 5.29. The van der Waals surface area contributed by atoms with E-state index in [1.807, 2.05) is 0 Å². The topological polar surface area (TPSA) is 71.8 Å². The van der Waals surface area contributed by atoms with Gasteiger partial charge in [-0.05, 0) is 31.4 Å². The third-order valence-electron chi connectivity index (χ3n) is 3.31. The first-order valence-corrected chi connectivity index (χ1v) is 6.43. The van der Waals surface area contributed by atoms with Crippen molar-refractivity contribution < 1.29 is 4.92 Å². The van der Waals surface area contributed by atoms with Crippen molar-refractivity contribution in [1.82, 2.24) is 9.97 Å². The van der Waals surface area contributed by atoms with Crippen LogP contribution in [0, 0.1) is 14.8 Å². The van der Waals surface area contributed by atoms with Crippen LogP contribution in [-0.2, 0) is 12.8 Å². The van der Waals surface area contributed by atoms with Crippen LogP contribution in [0.15, 0.2) is 24.3 Å². The fraction of sp³-hybridized carbons (Fsp3) is 0.231. The first kappa shape index (κ1) is 12.0. The molecule has 1 aliphatic rings. The number of benzene rings is 1. The molecule has 0 fully saturated rings. The van der Waals surface area contributed by atoms with Crippen LogP contribution in [0.2, 0.25) is 0 Å². The smallest absolute Gasteiger partial charge is 0.269 e. The van der Waals surface area contributed by atoms with Gasteiger partial charge >= 0.3 is 0 Å². The lowest BCUT2D eigenvalue weighted by Crippen LogP contribution is -1.97. The Balaban J connectivity index is 2.05. The molecule has 1 aromatic heterocycles. The third kappa shape index (κ3) is 2.15. The maximum atomic E-state index is 10.6. The van der Waals surface area contributed by atoms with Gasteiger partial charge in [-0.15, -0.1) is 0 Å². The first-order chi connectivity index (χ1) is 9.15. The average Bonchev–Trinajstić information content (AvgIpc) is 2.87. The van der Waals surface area contributed by atoms with E-state index in [-0.39, 0.29) is 5.69 Å². The minimum atomic E-state index is -0.415. The van der Waals surface area contributed by atoms with Gasteiger partial charge in [0.25, 0.3) is 5.69 Å². The Kier molecular flexibility index (Phi) is 2.87. The van der Waals surface area contributed by atoms with Gasteiger partial charge in [-0.3, -0.25) is 10.1 Å². The Morgan fingerprint density at radius 3 is 2.68 bits per heavy atom. The fourth-order valence-electron chi connectivity index (χ4n) is 2.34. The Labute approximate surface area is 114 Å². The van der Waals surface area contributed by atoms with Gasteiger partial charge in [-0.2, -0.15) is 0 Å². The maximum absolute atomic E-state index is 10.6. The van der Waals surface area contributed by atoms with E-state index in [4.69, 9.17) is 12.2 Å². The largest absolute Gasteiger partial charge is 0.343 e.